The Hall–Kier alpha value is -1.73. The number of halogens is 1. The van der Waals surface area contributed by atoms with Crippen molar-refractivity contribution in [3.8, 4) is 0 Å². The predicted octanol–water partition coefficient (Wildman–Crippen LogP) is 0.999. The van der Waals surface area contributed by atoms with Crippen LogP contribution >= 0.6 is 11.6 Å². The molecule has 18 heavy (non-hydrogen) atoms. The lowest BCUT2D eigenvalue weighted by Crippen LogP contribution is -2.28. The SMILES string of the molecule is CC(C)c1ncc(Cl)c(C(=O)NOCC(=O)O)n1. The van der Waals surface area contributed by atoms with E-state index in [1.807, 2.05) is 19.3 Å². The number of carboxylic acid groups (broad SMARTS) is 1. The van der Waals surface area contributed by atoms with Crippen LogP contribution in [0.3, 0.4) is 0 Å². The number of nitrogens with zero attached hydrogens (tertiary/aromatic N) is 2. The third kappa shape index (κ3) is 3.94. The number of nitrogens with one attached hydrogen (secondary N) is 1. The average Bonchev–Trinajstić information content (AvgIpc) is 2.28. The molecule has 0 fully saturated rings. The summed E-state index contributed by atoms with van der Waals surface area (Å²) in [5, 5.41) is 8.41. The van der Waals surface area contributed by atoms with E-state index in [0.29, 0.717) is 5.82 Å². The van der Waals surface area contributed by atoms with E-state index in [1.165, 1.54) is 6.20 Å². The Labute approximate surface area is 108 Å². The highest BCUT2D eigenvalue weighted by molar-refractivity contribution is 6.33. The molecule has 0 saturated heterocycles. The summed E-state index contributed by atoms with van der Waals surface area (Å²) in [5.74, 6) is -1.42. The standard InChI is InChI=1S/C10H12ClN3O4/c1-5(2)9-12-3-6(11)8(13-9)10(17)14-18-4-7(15)16/h3,5H,4H2,1-2H3,(H,14,17)(H,15,16). The minimum atomic E-state index is -1.20. The summed E-state index contributed by atoms with van der Waals surface area (Å²) >= 11 is 5.78. The van der Waals surface area contributed by atoms with Crippen molar-refractivity contribution >= 4 is 23.5 Å². The van der Waals surface area contributed by atoms with Crippen LogP contribution in [0.4, 0.5) is 0 Å². The number of aliphatic carboxylic acids is 1. The molecule has 0 aromatic carbocycles. The van der Waals surface area contributed by atoms with Crippen LogP contribution in [0.5, 0.6) is 0 Å². The number of hydrogen-bond donors (Lipinski definition) is 2. The van der Waals surface area contributed by atoms with Crippen molar-refractivity contribution in [2.75, 3.05) is 6.61 Å². The third-order valence-electron chi connectivity index (χ3n) is 1.85. The van der Waals surface area contributed by atoms with E-state index in [1.54, 1.807) is 0 Å². The smallest absolute Gasteiger partial charge is 0.332 e. The summed E-state index contributed by atoms with van der Waals surface area (Å²) in [6, 6.07) is 0. The van der Waals surface area contributed by atoms with Gasteiger partial charge in [-0.05, 0) is 0 Å². The fourth-order valence-electron chi connectivity index (χ4n) is 1.03. The minimum absolute atomic E-state index is 0.0359. The van der Waals surface area contributed by atoms with Crippen molar-refractivity contribution < 1.29 is 19.5 Å². The first-order chi connectivity index (χ1) is 8.41. The number of rotatable bonds is 5. The number of amides is 1. The molecule has 0 aliphatic heterocycles. The van der Waals surface area contributed by atoms with E-state index in [2.05, 4.69) is 14.8 Å². The predicted molar refractivity (Wildman–Crippen MR) is 62.2 cm³/mol. The van der Waals surface area contributed by atoms with Gasteiger partial charge in [-0.3, -0.25) is 9.63 Å². The molecule has 7 nitrogen and oxygen atoms in total. The molecular weight excluding hydrogens is 262 g/mol. The van der Waals surface area contributed by atoms with Gasteiger partial charge in [0.15, 0.2) is 12.3 Å². The number of carbonyl (C=O) groups excluding carboxylic acids is 1. The maximum atomic E-state index is 11.6. The molecule has 1 rings (SSSR count). The second-order valence-electron chi connectivity index (χ2n) is 3.69. The topological polar surface area (TPSA) is 101 Å². The molecule has 1 aromatic heterocycles. The van der Waals surface area contributed by atoms with Gasteiger partial charge < -0.3 is 5.11 Å². The van der Waals surface area contributed by atoms with Crippen LogP contribution in [0.2, 0.25) is 5.02 Å². The number of carboxylic acids is 1. The molecule has 0 spiro atoms. The Bertz CT molecular complexity index is 464. The number of hydrogen-bond acceptors (Lipinski definition) is 5. The maximum Gasteiger partial charge on any atom is 0.332 e. The first-order valence-electron chi connectivity index (χ1n) is 5.08. The number of hydroxylamine groups is 1. The highest BCUT2D eigenvalue weighted by atomic mass is 35.5. The molecule has 8 heteroatoms. The third-order valence-corrected chi connectivity index (χ3v) is 2.13. The van der Waals surface area contributed by atoms with Crippen LogP contribution in [0.25, 0.3) is 0 Å². The molecule has 2 N–H and O–H groups in total. The molecule has 98 valence electrons. The van der Waals surface area contributed by atoms with Gasteiger partial charge in [-0.25, -0.2) is 20.2 Å². The van der Waals surface area contributed by atoms with E-state index < -0.39 is 18.5 Å². The number of carbonyl (C=O) groups is 2. The molecule has 0 aliphatic carbocycles. The summed E-state index contributed by atoms with van der Waals surface area (Å²) in [6.07, 6.45) is 1.32. The Morgan fingerprint density at radius 1 is 1.56 bits per heavy atom. The van der Waals surface area contributed by atoms with Gasteiger partial charge in [-0.15, -0.1) is 0 Å². The summed E-state index contributed by atoms with van der Waals surface area (Å²) < 4.78 is 0. The van der Waals surface area contributed by atoms with Gasteiger partial charge in [0.25, 0.3) is 5.91 Å². The largest absolute Gasteiger partial charge is 0.479 e. The second-order valence-corrected chi connectivity index (χ2v) is 4.10. The molecule has 0 radical (unpaired) electrons. The quantitative estimate of drug-likeness (QED) is 0.776. The van der Waals surface area contributed by atoms with Crippen molar-refractivity contribution in [3.05, 3.63) is 22.7 Å². The van der Waals surface area contributed by atoms with E-state index >= 15 is 0 Å². The van der Waals surface area contributed by atoms with E-state index in [9.17, 15) is 9.59 Å². The fraction of sp³-hybridized carbons (Fsp3) is 0.400. The van der Waals surface area contributed by atoms with Crippen molar-refractivity contribution in [1.29, 1.82) is 0 Å². The molecule has 0 unspecified atom stereocenters. The lowest BCUT2D eigenvalue weighted by atomic mass is 10.2. The van der Waals surface area contributed by atoms with Crippen LogP contribution in [0.15, 0.2) is 6.20 Å². The normalized spacial score (nSPS) is 10.4. The average molecular weight is 274 g/mol. The Morgan fingerprint density at radius 2 is 2.22 bits per heavy atom. The monoisotopic (exact) mass is 273 g/mol. The fourth-order valence-corrected chi connectivity index (χ4v) is 1.21. The molecule has 1 heterocycles. The van der Waals surface area contributed by atoms with Crippen molar-refractivity contribution in [3.63, 3.8) is 0 Å². The summed E-state index contributed by atoms with van der Waals surface area (Å²) in [6.45, 7) is 3.09. The Kier molecular flexibility index (Phi) is 4.99. The van der Waals surface area contributed by atoms with Gasteiger partial charge in [0.2, 0.25) is 0 Å². The molecule has 0 aliphatic rings. The molecule has 0 atom stereocenters. The maximum absolute atomic E-state index is 11.6. The first kappa shape index (κ1) is 14.3. The van der Waals surface area contributed by atoms with Gasteiger partial charge in [-0.2, -0.15) is 0 Å². The first-order valence-corrected chi connectivity index (χ1v) is 5.46. The molecule has 1 amide bonds. The van der Waals surface area contributed by atoms with Gasteiger partial charge in [0.1, 0.15) is 5.82 Å². The zero-order chi connectivity index (χ0) is 13.7. The van der Waals surface area contributed by atoms with Gasteiger partial charge in [-0.1, -0.05) is 25.4 Å². The Balaban J connectivity index is 2.78. The Morgan fingerprint density at radius 3 is 2.78 bits per heavy atom. The van der Waals surface area contributed by atoms with Crippen LogP contribution in [0, 0.1) is 0 Å². The molecular formula is C10H12ClN3O4. The minimum Gasteiger partial charge on any atom is -0.479 e. The molecule has 0 saturated carbocycles. The number of aromatic nitrogens is 2. The second kappa shape index (κ2) is 6.27. The van der Waals surface area contributed by atoms with Crippen LogP contribution in [-0.2, 0) is 9.63 Å². The van der Waals surface area contributed by atoms with E-state index in [4.69, 9.17) is 16.7 Å². The summed E-state index contributed by atoms with van der Waals surface area (Å²) in [7, 11) is 0. The van der Waals surface area contributed by atoms with Crippen LogP contribution < -0.4 is 5.48 Å². The summed E-state index contributed by atoms with van der Waals surface area (Å²) in [5.41, 5.74) is 1.89. The zero-order valence-corrected chi connectivity index (χ0v) is 10.6. The van der Waals surface area contributed by atoms with Crippen molar-refractivity contribution in [1.82, 2.24) is 15.4 Å². The van der Waals surface area contributed by atoms with E-state index in [0.717, 1.165) is 0 Å². The highest BCUT2D eigenvalue weighted by Gasteiger charge is 2.15. The van der Waals surface area contributed by atoms with Gasteiger partial charge >= 0.3 is 5.97 Å². The van der Waals surface area contributed by atoms with Crippen LogP contribution in [-0.4, -0.2) is 33.6 Å². The molecule has 0 bridgehead atoms. The highest BCUT2D eigenvalue weighted by Crippen LogP contribution is 2.16. The van der Waals surface area contributed by atoms with Crippen LogP contribution in [0.1, 0.15) is 36.1 Å². The zero-order valence-electron chi connectivity index (χ0n) is 9.81. The van der Waals surface area contributed by atoms with Gasteiger partial charge in [0, 0.05) is 5.92 Å². The lowest BCUT2D eigenvalue weighted by Gasteiger charge is -2.08. The van der Waals surface area contributed by atoms with Gasteiger partial charge in [0.05, 0.1) is 11.2 Å². The van der Waals surface area contributed by atoms with Crippen molar-refractivity contribution in [2.24, 2.45) is 0 Å². The lowest BCUT2D eigenvalue weighted by molar-refractivity contribution is -0.144. The van der Waals surface area contributed by atoms with E-state index in [-0.39, 0.29) is 16.6 Å². The summed E-state index contributed by atoms with van der Waals surface area (Å²) in [4.78, 5) is 34.2. The molecule has 1 aromatic rings. The van der Waals surface area contributed by atoms with Crippen molar-refractivity contribution in [2.45, 2.75) is 19.8 Å².